The molecule has 0 aromatic rings. The molecule has 0 aromatic heterocycles. The van der Waals surface area contributed by atoms with Gasteiger partial charge in [0.2, 0.25) is 0 Å². The second-order valence-electron chi connectivity index (χ2n) is 1.14. The lowest BCUT2D eigenvalue weighted by Crippen LogP contribution is -1.58. The third-order valence-electron chi connectivity index (χ3n) is 0.385. The van der Waals surface area contributed by atoms with Crippen LogP contribution in [-0.2, 0) is 0 Å². The Labute approximate surface area is 59.1 Å². The van der Waals surface area contributed by atoms with Crippen LogP contribution in [0, 0.1) is 6.08 Å². The highest BCUT2D eigenvalue weighted by Gasteiger charge is 1.78. The molecule has 0 atom stereocenters. The summed E-state index contributed by atoms with van der Waals surface area (Å²) in [5.74, 6) is 0. The molecule has 0 aliphatic rings. The van der Waals surface area contributed by atoms with E-state index in [-0.39, 0.29) is 0 Å². The molecule has 0 N–H and O–H groups in total. The highest BCUT2D eigenvalue weighted by atomic mass is 35.5. The predicted octanol–water partition coefficient (Wildman–Crippen LogP) is 2.85. The summed E-state index contributed by atoms with van der Waals surface area (Å²) in [6, 6.07) is 0. The van der Waals surface area contributed by atoms with Gasteiger partial charge in [0.15, 0.2) is 0 Å². The molecule has 0 aliphatic heterocycles. The number of rotatable bonds is 2. The summed E-state index contributed by atoms with van der Waals surface area (Å²) in [5.41, 5.74) is 0. The van der Waals surface area contributed by atoms with Crippen molar-refractivity contribution in [2.75, 3.05) is 0 Å². The molecule has 0 unspecified atom stereocenters. The lowest BCUT2D eigenvalue weighted by molar-refractivity contribution is 1.80. The van der Waals surface area contributed by atoms with E-state index in [1.165, 1.54) is 6.08 Å². The second kappa shape index (κ2) is 3.76. The van der Waals surface area contributed by atoms with Crippen LogP contribution in [0.25, 0.3) is 0 Å². The fourth-order valence-electron chi connectivity index (χ4n) is 0.157. The molecule has 0 aromatic carbocycles. The van der Waals surface area contributed by atoms with Crippen molar-refractivity contribution in [3.8, 4) is 0 Å². The number of hydrogen-bond donors (Lipinski definition) is 0. The lowest BCUT2D eigenvalue weighted by atomic mass is 10.5. The van der Waals surface area contributed by atoms with Gasteiger partial charge in [0.25, 0.3) is 0 Å². The van der Waals surface area contributed by atoms with Gasteiger partial charge in [-0.25, -0.2) is 0 Å². The number of hydrogen-bond acceptors (Lipinski definition) is 0. The van der Waals surface area contributed by atoms with Crippen molar-refractivity contribution in [1.82, 2.24) is 0 Å². The van der Waals surface area contributed by atoms with Gasteiger partial charge in [-0.2, -0.15) is 0 Å². The molecule has 0 saturated carbocycles. The number of allylic oxidation sites excluding steroid dienone is 4. The average molecular weight is 148 g/mol. The van der Waals surface area contributed by atoms with Gasteiger partial charge in [0, 0.05) is 16.1 Å². The topological polar surface area (TPSA) is 0 Å². The van der Waals surface area contributed by atoms with Crippen LogP contribution in [0.3, 0.4) is 0 Å². The van der Waals surface area contributed by atoms with E-state index in [9.17, 15) is 0 Å². The van der Waals surface area contributed by atoms with Crippen LogP contribution in [-0.4, -0.2) is 0 Å². The molecule has 0 amide bonds. The third kappa shape index (κ3) is 5.80. The molecule has 2 heteroatoms. The van der Waals surface area contributed by atoms with Crippen molar-refractivity contribution in [2.45, 2.75) is 0 Å². The monoisotopic (exact) mass is 147 g/mol. The minimum absolute atomic E-state index is 0.326. The summed E-state index contributed by atoms with van der Waals surface area (Å²) >= 11 is 10.6. The van der Waals surface area contributed by atoms with Gasteiger partial charge in [-0.15, -0.1) is 0 Å². The maximum Gasteiger partial charge on any atom is 0.0413 e. The van der Waals surface area contributed by atoms with E-state index in [2.05, 4.69) is 19.2 Å². The highest BCUT2D eigenvalue weighted by Crippen LogP contribution is 2.02. The van der Waals surface area contributed by atoms with Gasteiger partial charge in [-0.1, -0.05) is 36.4 Å². The fraction of sp³-hybridized carbons (Fsp3) is 0. The zero-order valence-electron chi connectivity index (χ0n) is 4.25. The molecule has 0 heterocycles. The highest BCUT2D eigenvalue weighted by molar-refractivity contribution is 6.32. The maximum absolute atomic E-state index is 5.31. The largest absolute Gasteiger partial charge is 0.0850 e. The molecular formula is C6H5Cl2. The molecule has 0 saturated heterocycles. The molecule has 0 rings (SSSR count). The Balaban J connectivity index is 3.67. The van der Waals surface area contributed by atoms with Crippen molar-refractivity contribution >= 4 is 23.2 Å². The minimum atomic E-state index is 0.326. The van der Waals surface area contributed by atoms with Crippen LogP contribution < -0.4 is 0 Å². The Bertz CT molecular complexity index is 117. The molecule has 0 aliphatic carbocycles. The Morgan fingerprint density at radius 1 is 1.38 bits per heavy atom. The molecule has 8 heavy (non-hydrogen) atoms. The first kappa shape index (κ1) is 7.80. The Hall–Kier alpha value is -0.200. The van der Waals surface area contributed by atoms with Crippen LogP contribution in [0.15, 0.2) is 29.3 Å². The van der Waals surface area contributed by atoms with E-state index in [1.807, 2.05) is 0 Å². The van der Waals surface area contributed by atoms with Crippen molar-refractivity contribution in [2.24, 2.45) is 0 Å². The standard InChI is InChI=1S/C6H5Cl2/c1-5(7)3-4-6(2)8/h3H,1-2H2. The summed E-state index contributed by atoms with van der Waals surface area (Å²) in [6.07, 6.45) is 4.01. The van der Waals surface area contributed by atoms with Gasteiger partial charge in [0.1, 0.15) is 0 Å². The average Bonchev–Trinajstić information content (AvgIpc) is 1.61. The summed E-state index contributed by atoms with van der Waals surface area (Å²) in [7, 11) is 0. The van der Waals surface area contributed by atoms with Crippen LogP contribution in [0.1, 0.15) is 0 Å². The zero-order valence-corrected chi connectivity index (χ0v) is 5.76. The first-order chi connectivity index (χ1) is 3.63. The van der Waals surface area contributed by atoms with Crippen molar-refractivity contribution in [3.63, 3.8) is 0 Å². The fourth-order valence-corrected chi connectivity index (χ4v) is 0.266. The summed E-state index contributed by atoms with van der Waals surface area (Å²) in [5, 5.41) is 0.721. The van der Waals surface area contributed by atoms with Crippen molar-refractivity contribution in [3.05, 3.63) is 35.4 Å². The summed E-state index contributed by atoms with van der Waals surface area (Å²) < 4.78 is 0. The van der Waals surface area contributed by atoms with Crippen molar-refractivity contribution < 1.29 is 0 Å². The van der Waals surface area contributed by atoms with E-state index in [1.54, 1.807) is 0 Å². The van der Waals surface area contributed by atoms with Crippen molar-refractivity contribution in [1.29, 1.82) is 0 Å². The molecule has 0 fully saturated rings. The van der Waals surface area contributed by atoms with Crippen LogP contribution in [0.2, 0.25) is 0 Å². The van der Waals surface area contributed by atoms with Crippen LogP contribution in [0.5, 0.6) is 0 Å². The first-order valence-electron chi connectivity index (χ1n) is 1.91. The normalized spacial score (nSPS) is 9.75. The summed E-state index contributed by atoms with van der Waals surface area (Å²) in [6.45, 7) is 6.73. The predicted molar refractivity (Wildman–Crippen MR) is 37.8 cm³/mol. The van der Waals surface area contributed by atoms with E-state index < -0.39 is 0 Å². The molecule has 0 bridgehead atoms. The van der Waals surface area contributed by atoms with E-state index >= 15 is 0 Å². The molecule has 1 radical (unpaired) electrons. The maximum atomic E-state index is 5.31. The van der Waals surface area contributed by atoms with Gasteiger partial charge in [-0.05, 0) is 6.08 Å². The smallest absolute Gasteiger partial charge is 0.0413 e. The molecular weight excluding hydrogens is 143 g/mol. The zero-order chi connectivity index (χ0) is 6.57. The minimum Gasteiger partial charge on any atom is -0.0850 e. The van der Waals surface area contributed by atoms with E-state index in [4.69, 9.17) is 23.2 Å². The lowest BCUT2D eigenvalue weighted by Gasteiger charge is -1.78. The van der Waals surface area contributed by atoms with Gasteiger partial charge >= 0.3 is 0 Å². The Morgan fingerprint density at radius 2 is 1.88 bits per heavy atom. The SMILES string of the molecule is C=C(Cl)[C]=CC(=C)Cl. The van der Waals surface area contributed by atoms with Gasteiger partial charge in [-0.3, -0.25) is 0 Å². The Kier molecular flexibility index (Phi) is 3.67. The van der Waals surface area contributed by atoms with Crippen LogP contribution in [0.4, 0.5) is 0 Å². The van der Waals surface area contributed by atoms with Gasteiger partial charge < -0.3 is 0 Å². The Morgan fingerprint density at radius 3 is 2.00 bits per heavy atom. The molecule has 0 spiro atoms. The summed E-state index contributed by atoms with van der Waals surface area (Å²) in [4.78, 5) is 0. The second-order valence-corrected chi connectivity index (χ2v) is 2.08. The quantitative estimate of drug-likeness (QED) is 0.528. The van der Waals surface area contributed by atoms with Crippen LogP contribution >= 0.6 is 23.2 Å². The van der Waals surface area contributed by atoms with E-state index in [0.29, 0.717) is 10.1 Å². The van der Waals surface area contributed by atoms with E-state index in [0.717, 1.165) is 0 Å². The molecule has 43 valence electrons. The van der Waals surface area contributed by atoms with Gasteiger partial charge in [0.05, 0.1) is 0 Å². The molecule has 0 nitrogen and oxygen atoms in total. The third-order valence-corrected chi connectivity index (χ3v) is 0.604. The first-order valence-corrected chi connectivity index (χ1v) is 2.67. The number of halogens is 2.